The van der Waals surface area contributed by atoms with Crippen LogP contribution in [0.5, 0.6) is 0 Å². The quantitative estimate of drug-likeness (QED) is 0.539. The van der Waals surface area contributed by atoms with E-state index in [0.29, 0.717) is 6.54 Å². The second-order valence-electron chi connectivity index (χ2n) is 5.19. The molecule has 0 aromatic heterocycles. The smallest absolute Gasteiger partial charge is 0.310 e. The summed E-state index contributed by atoms with van der Waals surface area (Å²) in [6.45, 7) is 2.75. The Bertz CT molecular complexity index is 380. The number of carbonyl (C=O) groups is 2. The van der Waals surface area contributed by atoms with Gasteiger partial charge in [0, 0.05) is 6.54 Å². The number of carbonyl (C=O) groups excluding carboxylic acids is 1. The third-order valence-electron chi connectivity index (χ3n) is 3.82. The summed E-state index contributed by atoms with van der Waals surface area (Å²) in [6.07, 6.45) is 7.06. The molecule has 19 heavy (non-hydrogen) atoms. The largest absolute Gasteiger partial charge is 0.481 e. The van der Waals surface area contributed by atoms with Gasteiger partial charge in [-0.3, -0.25) is 9.59 Å². The Labute approximate surface area is 113 Å². The first-order valence-corrected chi connectivity index (χ1v) is 6.99. The van der Waals surface area contributed by atoms with Gasteiger partial charge in [0.25, 0.3) is 0 Å². The van der Waals surface area contributed by atoms with Crippen LogP contribution in [0.25, 0.3) is 0 Å². The highest BCUT2D eigenvalue weighted by atomic mass is 16.5. The minimum absolute atomic E-state index is 0.194. The van der Waals surface area contributed by atoms with Gasteiger partial charge in [0.2, 0.25) is 5.91 Å². The van der Waals surface area contributed by atoms with E-state index >= 15 is 0 Å². The maximum atomic E-state index is 12.1. The van der Waals surface area contributed by atoms with Crippen LogP contribution in [0.2, 0.25) is 0 Å². The van der Waals surface area contributed by atoms with Crippen molar-refractivity contribution in [3.8, 4) is 0 Å². The summed E-state index contributed by atoms with van der Waals surface area (Å²) >= 11 is 0. The Balaban J connectivity index is 1.84. The van der Waals surface area contributed by atoms with E-state index in [4.69, 9.17) is 4.74 Å². The third-order valence-corrected chi connectivity index (χ3v) is 3.82. The van der Waals surface area contributed by atoms with Crippen LogP contribution in [0.3, 0.4) is 0 Å². The number of ether oxygens (including phenoxy) is 1. The molecule has 0 saturated carbocycles. The van der Waals surface area contributed by atoms with Gasteiger partial charge in [-0.05, 0) is 6.42 Å². The Morgan fingerprint density at radius 2 is 1.84 bits per heavy atom. The molecule has 2 rings (SSSR count). The highest BCUT2D eigenvalue weighted by Gasteiger charge is 2.52. The number of carboxylic acids is 1. The summed E-state index contributed by atoms with van der Waals surface area (Å²) in [7, 11) is 0. The molecule has 1 fully saturated rings. The van der Waals surface area contributed by atoms with E-state index in [1.807, 2.05) is 0 Å². The second-order valence-corrected chi connectivity index (χ2v) is 5.19. The molecule has 4 unspecified atom stereocenters. The lowest BCUT2D eigenvalue weighted by atomic mass is 9.82. The van der Waals surface area contributed by atoms with Crippen LogP contribution in [-0.2, 0) is 14.3 Å². The lowest BCUT2D eigenvalue weighted by Crippen LogP contribution is -2.42. The lowest BCUT2D eigenvalue weighted by Gasteiger charge is -2.20. The van der Waals surface area contributed by atoms with E-state index in [2.05, 4.69) is 12.2 Å². The Morgan fingerprint density at radius 3 is 2.47 bits per heavy atom. The molecule has 1 saturated heterocycles. The molecule has 5 heteroatoms. The number of unbranched alkanes of at least 4 members (excludes halogenated alkanes) is 3. The lowest BCUT2D eigenvalue weighted by molar-refractivity contribution is -0.146. The number of amides is 1. The first-order valence-electron chi connectivity index (χ1n) is 6.99. The van der Waals surface area contributed by atoms with E-state index in [0.717, 1.165) is 25.7 Å². The van der Waals surface area contributed by atoms with Gasteiger partial charge in [-0.25, -0.2) is 0 Å². The number of hydrogen-bond donors (Lipinski definition) is 2. The molecule has 2 aliphatic rings. The molecule has 0 aromatic rings. The molecule has 0 radical (unpaired) electrons. The number of nitrogens with one attached hydrogen (secondary N) is 1. The Hall–Kier alpha value is -1.36. The Morgan fingerprint density at radius 1 is 1.16 bits per heavy atom. The second kappa shape index (κ2) is 6.19. The summed E-state index contributed by atoms with van der Waals surface area (Å²) in [5.74, 6) is -2.48. The Kier molecular flexibility index (Phi) is 4.58. The average molecular weight is 267 g/mol. The fourth-order valence-electron chi connectivity index (χ4n) is 2.80. The molecule has 106 valence electrons. The van der Waals surface area contributed by atoms with Crippen LogP contribution in [0.4, 0.5) is 0 Å². The number of fused-ring (bicyclic) bond motifs is 2. The number of carboxylic acid groups (broad SMARTS) is 1. The van der Waals surface area contributed by atoms with Gasteiger partial charge >= 0.3 is 5.97 Å². The SMILES string of the molecule is CCCCCCNC(=O)C1C2C=CC(O2)C1C(=O)O. The highest BCUT2D eigenvalue weighted by Crippen LogP contribution is 2.39. The molecule has 0 aromatic carbocycles. The van der Waals surface area contributed by atoms with Crippen molar-refractivity contribution in [2.75, 3.05) is 6.54 Å². The fourth-order valence-corrected chi connectivity index (χ4v) is 2.80. The fraction of sp³-hybridized carbons (Fsp3) is 0.714. The first-order chi connectivity index (χ1) is 9.15. The van der Waals surface area contributed by atoms with Gasteiger partial charge in [0.1, 0.15) is 5.92 Å². The van der Waals surface area contributed by atoms with Crippen molar-refractivity contribution in [3.05, 3.63) is 12.2 Å². The summed E-state index contributed by atoms with van der Waals surface area (Å²) in [6, 6.07) is 0. The number of aliphatic carboxylic acids is 1. The van der Waals surface area contributed by atoms with E-state index in [1.54, 1.807) is 12.2 Å². The summed E-state index contributed by atoms with van der Waals surface area (Å²) in [5.41, 5.74) is 0. The van der Waals surface area contributed by atoms with Crippen molar-refractivity contribution < 1.29 is 19.4 Å². The molecule has 2 bridgehead atoms. The standard InChI is InChI=1S/C14H21NO4/c1-2-3-4-5-8-15-13(16)11-9-6-7-10(19-9)12(11)14(17)18/h6-7,9-12H,2-5,8H2,1H3,(H,15,16)(H,17,18). The van der Waals surface area contributed by atoms with Crippen molar-refractivity contribution in [2.45, 2.75) is 44.8 Å². The van der Waals surface area contributed by atoms with E-state index in [9.17, 15) is 14.7 Å². The van der Waals surface area contributed by atoms with Crippen molar-refractivity contribution in [3.63, 3.8) is 0 Å². The number of rotatable bonds is 7. The van der Waals surface area contributed by atoms with E-state index < -0.39 is 23.9 Å². The van der Waals surface area contributed by atoms with Crippen molar-refractivity contribution >= 4 is 11.9 Å². The molecular formula is C14H21NO4. The van der Waals surface area contributed by atoms with E-state index in [-0.39, 0.29) is 12.0 Å². The van der Waals surface area contributed by atoms with Crippen molar-refractivity contribution in [2.24, 2.45) is 11.8 Å². The third kappa shape index (κ3) is 2.97. The molecule has 5 nitrogen and oxygen atoms in total. The predicted molar refractivity (Wildman–Crippen MR) is 69.6 cm³/mol. The van der Waals surface area contributed by atoms with Gasteiger partial charge in [-0.2, -0.15) is 0 Å². The van der Waals surface area contributed by atoms with Crippen LogP contribution in [0.1, 0.15) is 32.6 Å². The van der Waals surface area contributed by atoms with Crippen LogP contribution in [0, 0.1) is 11.8 Å². The zero-order chi connectivity index (χ0) is 13.8. The zero-order valence-corrected chi connectivity index (χ0v) is 11.2. The van der Waals surface area contributed by atoms with Gasteiger partial charge in [0.05, 0.1) is 18.1 Å². The predicted octanol–water partition coefficient (Wildman–Crippen LogP) is 1.34. The monoisotopic (exact) mass is 267 g/mol. The molecule has 2 heterocycles. The van der Waals surface area contributed by atoms with Crippen molar-refractivity contribution in [1.29, 1.82) is 0 Å². The molecule has 0 aliphatic carbocycles. The average Bonchev–Trinajstić information content (AvgIpc) is 2.98. The summed E-state index contributed by atoms with van der Waals surface area (Å²) < 4.78 is 5.47. The molecule has 0 spiro atoms. The zero-order valence-electron chi connectivity index (χ0n) is 11.2. The minimum Gasteiger partial charge on any atom is -0.481 e. The van der Waals surface area contributed by atoms with E-state index in [1.165, 1.54) is 0 Å². The van der Waals surface area contributed by atoms with Crippen LogP contribution >= 0.6 is 0 Å². The first kappa shape index (κ1) is 14.1. The molecule has 1 amide bonds. The highest BCUT2D eigenvalue weighted by molar-refractivity contribution is 5.87. The van der Waals surface area contributed by atoms with Gasteiger partial charge < -0.3 is 15.2 Å². The molecule has 4 atom stereocenters. The normalized spacial score (nSPS) is 31.6. The molecule has 2 N–H and O–H groups in total. The molecule has 2 aliphatic heterocycles. The number of hydrogen-bond acceptors (Lipinski definition) is 3. The summed E-state index contributed by atoms with van der Waals surface area (Å²) in [4.78, 5) is 23.3. The minimum atomic E-state index is -0.956. The molecular weight excluding hydrogens is 246 g/mol. The van der Waals surface area contributed by atoms with Crippen molar-refractivity contribution in [1.82, 2.24) is 5.32 Å². The van der Waals surface area contributed by atoms with Crippen LogP contribution in [0.15, 0.2) is 12.2 Å². The topological polar surface area (TPSA) is 75.6 Å². The van der Waals surface area contributed by atoms with Gasteiger partial charge in [-0.1, -0.05) is 38.3 Å². The summed E-state index contributed by atoms with van der Waals surface area (Å²) in [5, 5.41) is 12.0. The van der Waals surface area contributed by atoms with Gasteiger partial charge in [-0.15, -0.1) is 0 Å². The maximum Gasteiger partial charge on any atom is 0.310 e. The maximum absolute atomic E-state index is 12.1. The van der Waals surface area contributed by atoms with Crippen LogP contribution in [-0.4, -0.2) is 35.7 Å². The van der Waals surface area contributed by atoms with Gasteiger partial charge in [0.15, 0.2) is 0 Å². The van der Waals surface area contributed by atoms with Crippen LogP contribution < -0.4 is 5.32 Å².